The molecule has 0 amide bonds. The van der Waals surface area contributed by atoms with Crippen LogP contribution in [0.4, 0.5) is 0 Å². The predicted molar refractivity (Wildman–Crippen MR) is 113 cm³/mol. The van der Waals surface area contributed by atoms with E-state index in [9.17, 15) is 5.11 Å². The van der Waals surface area contributed by atoms with Crippen LogP contribution in [0.3, 0.4) is 0 Å². The van der Waals surface area contributed by atoms with E-state index in [4.69, 9.17) is 18.9 Å². The fourth-order valence-corrected chi connectivity index (χ4v) is 5.12. The molecule has 0 spiro atoms. The quantitative estimate of drug-likeness (QED) is 0.466. The molecule has 0 aliphatic carbocycles. The number of aromatic nitrogens is 1. The molecule has 0 bridgehead atoms. The minimum Gasteiger partial charge on any atom is -0.490 e. The highest BCUT2D eigenvalue weighted by Gasteiger charge is 2.15. The minimum absolute atomic E-state index is 0.162. The number of hydrogen-bond acceptors (Lipinski definition) is 8. The van der Waals surface area contributed by atoms with Crippen molar-refractivity contribution in [1.82, 2.24) is 4.98 Å². The van der Waals surface area contributed by atoms with Crippen LogP contribution in [-0.4, -0.2) is 36.2 Å². The first-order valence-electron chi connectivity index (χ1n) is 9.22. The molecule has 0 radical (unpaired) electrons. The van der Waals surface area contributed by atoms with Gasteiger partial charge < -0.3 is 24.1 Å². The Morgan fingerprint density at radius 2 is 2.07 bits per heavy atom. The molecular weight excluding hydrogens is 410 g/mol. The lowest BCUT2D eigenvalue weighted by atomic mass is 10.2. The summed E-state index contributed by atoms with van der Waals surface area (Å²) in [7, 11) is 0. The van der Waals surface area contributed by atoms with Crippen molar-refractivity contribution < 1.29 is 24.1 Å². The maximum Gasteiger partial charge on any atom is 0.231 e. The summed E-state index contributed by atoms with van der Waals surface area (Å²) in [5.74, 6) is 2.24. The molecule has 1 atom stereocenters. The number of thiazole rings is 1. The number of aliphatic hydroxyl groups is 1. The standard InChI is InChI=1S/C21H19NO5S2/c1-12-22-20-19(29-12)7-17(15-4-5-28-21(15)20)25-10-14(23)9-24-8-13-2-3-16-18(6-13)27-11-26-16/h2-7,14,23H,8-11H2,1H3/t14-/m1/s1. The molecule has 0 unspecified atom stereocenters. The summed E-state index contributed by atoms with van der Waals surface area (Å²) in [5.41, 5.74) is 1.99. The third kappa shape index (κ3) is 3.76. The molecule has 0 fully saturated rings. The van der Waals surface area contributed by atoms with E-state index in [0.29, 0.717) is 6.61 Å². The molecule has 1 aliphatic heterocycles. The first-order chi connectivity index (χ1) is 14.2. The third-order valence-corrected chi connectivity index (χ3v) is 6.45. The Hall–Kier alpha value is -2.39. The second-order valence-corrected chi connectivity index (χ2v) is 8.94. The van der Waals surface area contributed by atoms with Gasteiger partial charge in [-0.3, -0.25) is 0 Å². The number of ether oxygens (including phenoxy) is 4. The predicted octanol–water partition coefficient (Wildman–Crippen LogP) is 4.50. The Bertz CT molecular complexity index is 1170. The topological polar surface area (TPSA) is 70.0 Å². The Labute approximate surface area is 175 Å². The molecule has 1 aliphatic rings. The minimum atomic E-state index is -0.725. The first kappa shape index (κ1) is 18.6. The summed E-state index contributed by atoms with van der Waals surface area (Å²) in [6, 6.07) is 9.73. The summed E-state index contributed by atoms with van der Waals surface area (Å²) >= 11 is 3.30. The van der Waals surface area contributed by atoms with Crippen LogP contribution in [0.15, 0.2) is 35.7 Å². The number of fused-ring (bicyclic) bond motifs is 4. The second-order valence-electron chi connectivity index (χ2n) is 6.79. The number of nitrogens with zero attached hydrogens (tertiary/aromatic N) is 1. The number of aliphatic hydroxyl groups excluding tert-OH is 1. The van der Waals surface area contributed by atoms with Gasteiger partial charge in [0.1, 0.15) is 18.5 Å². The van der Waals surface area contributed by atoms with Crippen LogP contribution in [-0.2, 0) is 11.3 Å². The van der Waals surface area contributed by atoms with E-state index in [2.05, 4.69) is 4.98 Å². The van der Waals surface area contributed by atoms with Gasteiger partial charge in [0, 0.05) is 11.5 Å². The molecule has 5 rings (SSSR count). The smallest absolute Gasteiger partial charge is 0.231 e. The number of aryl methyl sites for hydroxylation is 1. The summed E-state index contributed by atoms with van der Waals surface area (Å²) in [4.78, 5) is 4.63. The first-order valence-corrected chi connectivity index (χ1v) is 10.9. The van der Waals surface area contributed by atoms with E-state index in [1.165, 1.54) is 0 Å². The lowest BCUT2D eigenvalue weighted by Crippen LogP contribution is -2.23. The molecule has 150 valence electrons. The average Bonchev–Trinajstić information content (AvgIpc) is 3.44. The van der Waals surface area contributed by atoms with E-state index in [1.54, 1.807) is 22.7 Å². The molecule has 2 aromatic heterocycles. The number of rotatable bonds is 7. The maximum atomic E-state index is 10.3. The van der Waals surface area contributed by atoms with Crippen LogP contribution < -0.4 is 14.2 Å². The van der Waals surface area contributed by atoms with E-state index in [-0.39, 0.29) is 20.0 Å². The van der Waals surface area contributed by atoms with Crippen LogP contribution >= 0.6 is 22.7 Å². The normalized spacial score (nSPS) is 14.0. The number of benzene rings is 2. The van der Waals surface area contributed by atoms with Crippen molar-refractivity contribution in [2.45, 2.75) is 19.6 Å². The zero-order valence-corrected chi connectivity index (χ0v) is 17.3. The largest absolute Gasteiger partial charge is 0.490 e. The van der Waals surface area contributed by atoms with Gasteiger partial charge in [-0.15, -0.1) is 22.7 Å². The van der Waals surface area contributed by atoms with E-state index < -0.39 is 6.10 Å². The van der Waals surface area contributed by atoms with Crippen molar-refractivity contribution in [1.29, 1.82) is 0 Å². The lowest BCUT2D eigenvalue weighted by molar-refractivity contribution is 0.00576. The molecule has 4 aromatic rings. The fraction of sp³-hybridized carbons (Fsp3) is 0.286. The highest BCUT2D eigenvalue weighted by molar-refractivity contribution is 7.21. The van der Waals surface area contributed by atoms with E-state index >= 15 is 0 Å². The summed E-state index contributed by atoms with van der Waals surface area (Å²) < 4.78 is 24.5. The zero-order chi connectivity index (χ0) is 19.8. The second kappa shape index (κ2) is 7.79. The van der Waals surface area contributed by atoms with Crippen LogP contribution in [0, 0.1) is 6.92 Å². The van der Waals surface area contributed by atoms with Crippen molar-refractivity contribution >= 4 is 43.0 Å². The third-order valence-electron chi connectivity index (χ3n) is 4.62. The molecule has 29 heavy (non-hydrogen) atoms. The number of hydrogen-bond donors (Lipinski definition) is 1. The van der Waals surface area contributed by atoms with E-state index in [1.807, 2.05) is 42.6 Å². The Kier molecular flexibility index (Phi) is 5.01. The molecule has 0 saturated heterocycles. The molecule has 1 N–H and O–H groups in total. The highest BCUT2D eigenvalue weighted by atomic mass is 32.1. The zero-order valence-electron chi connectivity index (χ0n) is 15.7. The van der Waals surface area contributed by atoms with Crippen LogP contribution in [0.2, 0.25) is 0 Å². The van der Waals surface area contributed by atoms with Crippen LogP contribution in [0.5, 0.6) is 17.2 Å². The van der Waals surface area contributed by atoms with Crippen LogP contribution in [0.1, 0.15) is 10.6 Å². The van der Waals surface area contributed by atoms with Gasteiger partial charge >= 0.3 is 0 Å². The van der Waals surface area contributed by atoms with Gasteiger partial charge in [-0.25, -0.2) is 4.98 Å². The lowest BCUT2D eigenvalue weighted by Gasteiger charge is -2.14. The van der Waals surface area contributed by atoms with Gasteiger partial charge in [0.2, 0.25) is 6.79 Å². The van der Waals surface area contributed by atoms with Crippen LogP contribution in [0.25, 0.3) is 20.3 Å². The summed E-state index contributed by atoms with van der Waals surface area (Å²) in [5, 5.41) is 14.4. The molecule has 2 aromatic carbocycles. The van der Waals surface area contributed by atoms with Gasteiger partial charge in [0.25, 0.3) is 0 Å². The summed E-state index contributed by atoms with van der Waals surface area (Å²) in [6.07, 6.45) is -0.725. The van der Waals surface area contributed by atoms with Crippen molar-refractivity contribution in [3.05, 3.63) is 46.3 Å². The van der Waals surface area contributed by atoms with Crippen molar-refractivity contribution in [3.8, 4) is 17.2 Å². The van der Waals surface area contributed by atoms with Crippen molar-refractivity contribution in [2.75, 3.05) is 20.0 Å². The molecule has 6 nitrogen and oxygen atoms in total. The SMILES string of the molecule is Cc1nc2c(cc(OC[C@H](O)COCc3ccc4c(c3)OCO4)c3ccsc32)s1. The van der Waals surface area contributed by atoms with Crippen molar-refractivity contribution in [3.63, 3.8) is 0 Å². The highest BCUT2D eigenvalue weighted by Crippen LogP contribution is 2.39. The monoisotopic (exact) mass is 429 g/mol. The molecule has 3 heterocycles. The van der Waals surface area contributed by atoms with Gasteiger partial charge in [-0.05, 0) is 36.1 Å². The maximum absolute atomic E-state index is 10.3. The van der Waals surface area contributed by atoms with E-state index in [0.717, 1.165) is 48.1 Å². The Morgan fingerprint density at radius 3 is 3.00 bits per heavy atom. The van der Waals surface area contributed by atoms with Gasteiger partial charge in [0.05, 0.1) is 33.1 Å². The van der Waals surface area contributed by atoms with Gasteiger partial charge in [-0.1, -0.05) is 6.07 Å². The molecule has 8 heteroatoms. The molecule has 0 saturated carbocycles. The average molecular weight is 430 g/mol. The Morgan fingerprint density at radius 1 is 1.17 bits per heavy atom. The van der Waals surface area contributed by atoms with Gasteiger partial charge in [0.15, 0.2) is 11.5 Å². The Balaban J connectivity index is 1.19. The summed E-state index contributed by atoms with van der Waals surface area (Å²) in [6.45, 7) is 2.99. The van der Waals surface area contributed by atoms with Gasteiger partial charge in [-0.2, -0.15) is 0 Å². The number of thiophene rings is 1. The van der Waals surface area contributed by atoms with Crippen molar-refractivity contribution in [2.24, 2.45) is 0 Å². The molecular formula is C21H19NO5S2. The fourth-order valence-electron chi connectivity index (χ4n) is 3.28.